The molecule has 4 aromatic rings. The molecule has 0 spiro atoms. The van der Waals surface area contributed by atoms with Crippen molar-refractivity contribution in [2.45, 2.75) is 32.7 Å². The number of benzene rings is 2. The molecule has 0 saturated heterocycles. The second kappa shape index (κ2) is 7.68. The fourth-order valence-electron chi connectivity index (χ4n) is 3.51. The fraction of sp³-hybridized carbons (Fsp3) is 0.227. The summed E-state index contributed by atoms with van der Waals surface area (Å²) < 4.78 is 2.20. The number of pyridine rings is 1. The van der Waals surface area contributed by atoms with Gasteiger partial charge in [-0.3, -0.25) is 9.78 Å². The average molecular weight is 374 g/mol. The van der Waals surface area contributed by atoms with E-state index in [-0.39, 0.29) is 11.7 Å². The Bertz CT molecular complexity index is 1150. The van der Waals surface area contributed by atoms with Crippen molar-refractivity contribution in [1.82, 2.24) is 14.5 Å². The number of unbranched alkanes of at least 4 members (excludes halogenated alkanes) is 1. The number of nitrogens with one attached hydrogen (secondary N) is 1. The van der Waals surface area contributed by atoms with E-state index in [9.17, 15) is 9.90 Å². The van der Waals surface area contributed by atoms with Gasteiger partial charge in [0.2, 0.25) is 5.91 Å². The molecule has 2 N–H and O–H groups in total. The molecule has 6 heteroatoms. The molecule has 6 nitrogen and oxygen atoms in total. The molecular weight excluding hydrogens is 352 g/mol. The van der Waals surface area contributed by atoms with Gasteiger partial charge in [0.25, 0.3) is 0 Å². The number of aromatic hydroxyl groups is 1. The number of carbonyl (C=O) groups is 1. The van der Waals surface area contributed by atoms with E-state index in [1.54, 1.807) is 24.4 Å². The smallest absolute Gasteiger partial charge is 0.224 e. The third kappa shape index (κ3) is 3.53. The summed E-state index contributed by atoms with van der Waals surface area (Å²) in [6.45, 7) is 2.85. The molecule has 0 aliphatic rings. The van der Waals surface area contributed by atoms with Gasteiger partial charge in [-0.15, -0.1) is 0 Å². The van der Waals surface area contributed by atoms with Crippen LogP contribution in [0.15, 0.2) is 54.7 Å². The van der Waals surface area contributed by atoms with Gasteiger partial charge < -0.3 is 15.0 Å². The number of amides is 1. The lowest BCUT2D eigenvalue weighted by atomic mass is 10.1. The first-order valence-electron chi connectivity index (χ1n) is 9.42. The molecule has 2 aromatic heterocycles. The van der Waals surface area contributed by atoms with Gasteiger partial charge in [0.05, 0.1) is 16.7 Å². The van der Waals surface area contributed by atoms with E-state index >= 15 is 0 Å². The lowest BCUT2D eigenvalue weighted by Crippen LogP contribution is -2.12. The number of aryl methyl sites for hydroxylation is 2. The van der Waals surface area contributed by atoms with E-state index in [4.69, 9.17) is 0 Å². The molecule has 2 heterocycles. The van der Waals surface area contributed by atoms with E-state index in [1.807, 2.05) is 31.2 Å². The molecular formula is C22H22N4O2. The first-order chi connectivity index (χ1) is 13.6. The van der Waals surface area contributed by atoms with Crippen LogP contribution in [0.25, 0.3) is 21.9 Å². The highest BCUT2D eigenvalue weighted by molar-refractivity contribution is 6.02. The predicted octanol–water partition coefficient (Wildman–Crippen LogP) is 4.41. The van der Waals surface area contributed by atoms with Crippen LogP contribution in [0.1, 0.15) is 25.1 Å². The second-order valence-electron chi connectivity index (χ2n) is 6.84. The van der Waals surface area contributed by atoms with Crippen molar-refractivity contribution < 1.29 is 9.90 Å². The molecule has 1 amide bonds. The minimum atomic E-state index is -0.0388. The van der Waals surface area contributed by atoms with Crippen LogP contribution in [0.4, 0.5) is 5.69 Å². The highest BCUT2D eigenvalue weighted by Crippen LogP contribution is 2.29. The second-order valence-corrected chi connectivity index (χ2v) is 6.84. The van der Waals surface area contributed by atoms with Crippen LogP contribution in [-0.2, 0) is 11.3 Å². The van der Waals surface area contributed by atoms with Crippen molar-refractivity contribution in [3.05, 3.63) is 60.6 Å². The Kier molecular flexibility index (Phi) is 4.93. The Morgan fingerprint density at radius 1 is 1.11 bits per heavy atom. The van der Waals surface area contributed by atoms with Crippen LogP contribution in [0.3, 0.4) is 0 Å². The number of hydrogen-bond acceptors (Lipinski definition) is 4. The molecule has 0 radical (unpaired) electrons. The molecule has 4 rings (SSSR count). The Balaban J connectivity index is 1.35. The van der Waals surface area contributed by atoms with Gasteiger partial charge in [-0.05, 0) is 56.2 Å². The highest BCUT2D eigenvalue weighted by atomic mass is 16.3. The van der Waals surface area contributed by atoms with Crippen molar-refractivity contribution in [3.8, 4) is 5.75 Å². The zero-order chi connectivity index (χ0) is 19.5. The van der Waals surface area contributed by atoms with Gasteiger partial charge in [-0.25, -0.2) is 4.98 Å². The van der Waals surface area contributed by atoms with Crippen LogP contribution < -0.4 is 5.32 Å². The zero-order valence-corrected chi connectivity index (χ0v) is 15.7. The summed E-state index contributed by atoms with van der Waals surface area (Å²) in [5.41, 5.74) is 3.29. The van der Waals surface area contributed by atoms with Gasteiger partial charge >= 0.3 is 0 Å². The number of aromatic nitrogens is 3. The minimum Gasteiger partial charge on any atom is -0.506 e. The maximum atomic E-state index is 12.4. The summed E-state index contributed by atoms with van der Waals surface area (Å²) in [6, 6.07) is 15.0. The zero-order valence-electron chi connectivity index (χ0n) is 15.7. The quantitative estimate of drug-likeness (QED) is 0.387. The number of rotatable bonds is 6. The van der Waals surface area contributed by atoms with Crippen LogP contribution in [-0.4, -0.2) is 25.5 Å². The van der Waals surface area contributed by atoms with Gasteiger partial charge in [0, 0.05) is 24.5 Å². The molecule has 0 unspecified atom stereocenters. The Morgan fingerprint density at radius 2 is 1.96 bits per heavy atom. The third-order valence-corrected chi connectivity index (χ3v) is 4.90. The van der Waals surface area contributed by atoms with Gasteiger partial charge in [0.1, 0.15) is 17.1 Å². The number of anilines is 1. The maximum absolute atomic E-state index is 12.4. The van der Waals surface area contributed by atoms with Crippen molar-refractivity contribution >= 4 is 33.5 Å². The number of carbonyl (C=O) groups excluding carboxylic acids is 1. The van der Waals surface area contributed by atoms with Crippen LogP contribution in [0.2, 0.25) is 0 Å². The molecule has 28 heavy (non-hydrogen) atoms. The van der Waals surface area contributed by atoms with E-state index < -0.39 is 0 Å². The summed E-state index contributed by atoms with van der Waals surface area (Å²) in [7, 11) is 0. The highest BCUT2D eigenvalue weighted by Gasteiger charge is 2.10. The normalized spacial score (nSPS) is 11.2. The minimum absolute atomic E-state index is 0.0388. The summed E-state index contributed by atoms with van der Waals surface area (Å²) in [5, 5.41) is 13.6. The molecule has 0 fully saturated rings. The van der Waals surface area contributed by atoms with Gasteiger partial charge in [-0.2, -0.15) is 0 Å². The molecule has 0 atom stereocenters. The summed E-state index contributed by atoms with van der Waals surface area (Å²) >= 11 is 0. The van der Waals surface area contributed by atoms with E-state index in [1.165, 1.54) is 0 Å². The van der Waals surface area contributed by atoms with Crippen molar-refractivity contribution in [2.75, 3.05) is 5.32 Å². The van der Waals surface area contributed by atoms with Crippen LogP contribution in [0.5, 0.6) is 5.75 Å². The molecule has 142 valence electrons. The summed E-state index contributed by atoms with van der Waals surface area (Å²) in [6.07, 6.45) is 3.74. The number of nitrogens with zero attached hydrogens (tertiary/aromatic N) is 3. The summed E-state index contributed by atoms with van der Waals surface area (Å²) in [5.74, 6) is 1.06. The largest absolute Gasteiger partial charge is 0.506 e. The van der Waals surface area contributed by atoms with Crippen LogP contribution >= 0.6 is 0 Å². The van der Waals surface area contributed by atoms with Gasteiger partial charge in [-0.1, -0.05) is 12.1 Å². The summed E-state index contributed by atoms with van der Waals surface area (Å²) in [4.78, 5) is 21.1. The standard InChI is InChI=1S/C22H22N4O2/c1-15-24-18-8-2-3-9-19(18)26(15)14-5-4-10-21(28)25-17-11-12-20(27)22-16(17)7-6-13-23-22/h2-3,6-9,11-13,27H,4-5,10,14H2,1H3,(H,25,28). The predicted molar refractivity (Wildman–Crippen MR) is 110 cm³/mol. The van der Waals surface area contributed by atoms with E-state index in [0.717, 1.165) is 41.6 Å². The van der Waals surface area contributed by atoms with Crippen molar-refractivity contribution in [1.29, 1.82) is 0 Å². The molecule has 2 aromatic carbocycles. The van der Waals surface area contributed by atoms with E-state index in [2.05, 4.69) is 25.9 Å². The SMILES string of the molecule is Cc1nc2ccccc2n1CCCCC(=O)Nc1ccc(O)c2ncccc12. The first-order valence-corrected chi connectivity index (χ1v) is 9.42. The van der Waals surface area contributed by atoms with Crippen molar-refractivity contribution in [3.63, 3.8) is 0 Å². The number of phenolic OH excluding ortho intramolecular Hbond substituents is 1. The molecule has 0 saturated carbocycles. The molecule has 0 bridgehead atoms. The number of hydrogen-bond donors (Lipinski definition) is 2. The Morgan fingerprint density at radius 3 is 2.86 bits per heavy atom. The maximum Gasteiger partial charge on any atom is 0.224 e. The van der Waals surface area contributed by atoms with Crippen LogP contribution in [0, 0.1) is 6.92 Å². The van der Waals surface area contributed by atoms with Gasteiger partial charge in [0.15, 0.2) is 0 Å². The Hall–Kier alpha value is -3.41. The monoisotopic (exact) mass is 374 g/mol. The topological polar surface area (TPSA) is 80.0 Å². The molecule has 0 aliphatic carbocycles. The number of para-hydroxylation sites is 2. The Labute approximate surface area is 162 Å². The number of imidazole rings is 1. The number of fused-ring (bicyclic) bond motifs is 2. The lowest BCUT2D eigenvalue weighted by Gasteiger charge is -2.10. The average Bonchev–Trinajstić information content (AvgIpc) is 3.03. The lowest BCUT2D eigenvalue weighted by molar-refractivity contribution is -0.116. The van der Waals surface area contributed by atoms with Crippen molar-refractivity contribution in [2.24, 2.45) is 0 Å². The number of phenols is 1. The fourth-order valence-corrected chi connectivity index (χ4v) is 3.51. The molecule has 0 aliphatic heterocycles. The van der Waals surface area contributed by atoms with E-state index in [0.29, 0.717) is 17.6 Å². The third-order valence-electron chi connectivity index (χ3n) is 4.90. The first kappa shape index (κ1) is 18.0.